The molecule has 0 bridgehead atoms. The van der Waals surface area contributed by atoms with Crippen molar-refractivity contribution in [1.29, 1.82) is 0 Å². The van der Waals surface area contributed by atoms with Crippen LogP contribution < -0.4 is 9.47 Å². The van der Waals surface area contributed by atoms with E-state index < -0.39 is 23.2 Å². The van der Waals surface area contributed by atoms with Gasteiger partial charge in [0.05, 0.1) is 24.1 Å². The van der Waals surface area contributed by atoms with Crippen molar-refractivity contribution in [1.82, 2.24) is 4.90 Å². The first-order valence-electron chi connectivity index (χ1n) is 9.34. The van der Waals surface area contributed by atoms with Crippen molar-refractivity contribution in [3.8, 4) is 11.5 Å². The smallest absolute Gasteiger partial charge is 0.328 e. The lowest BCUT2D eigenvalue weighted by Crippen LogP contribution is -2.42. The number of rotatable bonds is 7. The Hall–Kier alpha value is -2.24. The lowest BCUT2D eigenvalue weighted by Gasteiger charge is -2.18. The number of halogens is 2. The number of ether oxygens (including phenoxy) is 3. The second-order valence-corrected chi connectivity index (χ2v) is 9.35. The summed E-state index contributed by atoms with van der Waals surface area (Å²) in [5.74, 6) is -0.492. The van der Waals surface area contributed by atoms with Crippen molar-refractivity contribution >= 4 is 69.1 Å². The van der Waals surface area contributed by atoms with Crippen LogP contribution in [0.5, 0.6) is 11.5 Å². The summed E-state index contributed by atoms with van der Waals surface area (Å²) in [4.78, 5) is 37.8. The van der Waals surface area contributed by atoms with Gasteiger partial charge in [0.25, 0.3) is 11.1 Å². The summed E-state index contributed by atoms with van der Waals surface area (Å²) >= 11 is 9.40. The van der Waals surface area contributed by atoms with Gasteiger partial charge in [-0.25, -0.2) is 4.79 Å². The second-order valence-electron chi connectivity index (χ2n) is 6.70. The fourth-order valence-electron chi connectivity index (χ4n) is 2.94. The molecule has 1 saturated heterocycles. The van der Waals surface area contributed by atoms with Gasteiger partial charge < -0.3 is 14.2 Å². The largest absolute Gasteiger partial charge is 0.493 e. The summed E-state index contributed by atoms with van der Waals surface area (Å²) in [6.45, 7) is 1.74. The molecule has 0 spiro atoms. The SMILES string of the molecule is COC(=O)[C@H](C)N1C(=O)S/C(=C/c2cc(Cl)c(OCc3ccc(I)cc3)c(OC)c2)C1=O. The molecular weight excluding hydrogens is 569 g/mol. The summed E-state index contributed by atoms with van der Waals surface area (Å²) in [5.41, 5.74) is 1.52. The molecule has 0 unspecified atom stereocenters. The number of hydrogen-bond donors (Lipinski definition) is 0. The molecule has 2 aromatic carbocycles. The second kappa shape index (κ2) is 10.6. The third-order valence-corrected chi connectivity index (χ3v) is 6.48. The van der Waals surface area contributed by atoms with E-state index in [0.717, 1.165) is 25.8 Å². The molecule has 10 heteroatoms. The highest BCUT2D eigenvalue weighted by Crippen LogP contribution is 2.39. The number of carbonyl (C=O) groups is 3. The van der Waals surface area contributed by atoms with Crippen molar-refractivity contribution in [3.05, 3.63) is 61.0 Å². The number of carbonyl (C=O) groups excluding carboxylic acids is 3. The molecule has 3 rings (SSSR count). The van der Waals surface area contributed by atoms with Gasteiger partial charge in [0, 0.05) is 3.57 Å². The molecular formula is C22H19ClINO6S. The number of thioether (sulfide) groups is 1. The average Bonchev–Trinajstić information content (AvgIpc) is 3.05. The molecule has 0 N–H and O–H groups in total. The first-order valence-corrected chi connectivity index (χ1v) is 11.6. The van der Waals surface area contributed by atoms with Gasteiger partial charge in [-0.1, -0.05) is 23.7 Å². The molecule has 0 radical (unpaired) electrons. The van der Waals surface area contributed by atoms with Crippen LogP contribution in [0.1, 0.15) is 18.1 Å². The molecule has 1 aliphatic heterocycles. The third-order valence-electron chi connectivity index (χ3n) is 4.60. The van der Waals surface area contributed by atoms with Crippen LogP contribution in [0.25, 0.3) is 6.08 Å². The van der Waals surface area contributed by atoms with Crippen LogP contribution in [0.15, 0.2) is 41.3 Å². The molecule has 0 aromatic heterocycles. The lowest BCUT2D eigenvalue weighted by molar-refractivity contribution is -0.148. The molecule has 0 saturated carbocycles. The number of amides is 2. The van der Waals surface area contributed by atoms with Crippen LogP contribution in [0.2, 0.25) is 5.02 Å². The van der Waals surface area contributed by atoms with Crippen LogP contribution in [0, 0.1) is 3.57 Å². The zero-order valence-electron chi connectivity index (χ0n) is 17.4. The quantitative estimate of drug-likeness (QED) is 0.252. The predicted octanol–water partition coefficient (Wildman–Crippen LogP) is 5.13. The zero-order valence-corrected chi connectivity index (χ0v) is 21.1. The Balaban J connectivity index is 1.83. The average molecular weight is 588 g/mol. The fourth-order valence-corrected chi connectivity index (χ4v) is 4.48. The normalized spacial score (nSPS) is 15.8. The Morgan fingerprint density at radius 2 is 1.91 bits per heavy atom. The lowest BCUT2D eigenvalue weighted by atomic mass is 10.1. The zero-order chi connectivity index (χ0) is 23.4. The number of methoxy groups -OCH3 is 2. The highest BCUT2D eigenvalue weighted by Gasteiger charge is 2.41. The highest BCUT2D eigenvalue weighted by molar-refractivity contribution is 14.1. The molecule has 1 heterocycles. The minimum absolute atomic E-state index is 0.163. The maximum atomic E-state index is 12.7. The molecule has 168 valence electrons. The predicted molar refractivity (Wildman–Crippen MR) is 131 cm³/mol. The number of nitrogens with zero attached hydrogens (tertiary/aromatic N) is 1. The molecule has 2 aromatic rings. The van der Waals surface area contributed by atoms with Crippen LogP contribution in [-0.4, -0.2) is 42.3 Å². The molecule has 7 nitrogen and oxygen atoms in total. The molecule has 2 amide bonds. The molecule has 1 fully saturated rings. The minimum Gasteiger partial charge on any atom is -0.493 e. The molecule has 1 atom stereocenters. The van der Waals surface area contributed by atoms with E-state index in [9.17, 15) is 14.4 Å². The first kappa shape index (κ1) is 24.4. The van der Waals surface area contributed by atoms with Crippen LogP contribution >= 0.6 is 46.0 Å². The van der Waals surface area contributed by atoms with E-state index >= 15 is 0 Å². The Bertz CT molecular complexity index is 1090. The Labute approximate surface area is 208 Å². The standard InChI is InChI=1S/C22H19ClINO6S/c1-12(21(27)30-3)25-20(26)18(32-22(25)28)10-14-8-16(23)19(17(9-14)29-2)31-11-13-4-6-15(24)7-5-13/h4-10,12H,11H2,1-3H3/b18-10+/t12-/m0/s1. The molecule has 1 aliphatic rings. The summed E-state index contributed by atoms with van der Waals surface area (Å²) in [7, 11) is 2.68. The number of imide groups is 1. The Kier molecular flexibility index (Phi) is 8.07. The van der Waals surface area contributed by atoms with Gasteiger partial charge in [-0.05, 0) is 82.7 Å². The van der Waals surface area contributed by atoms with Gasteiger partial charge in [-0.2, -0.15) is 0 Å². The minimum atomic E-state index is -1.02. The van der Waals surface area contributed by atoms with E-state index in [0.29, 0.717) is 28.7 Å². The van der Waals surface area contributed by atoms with Crippen LogP contribution in [0.4, 0.5) is 4.79 Å². The van der Waals surface area contributed by atoms with E-state index in [1.165, 1.54) is 27.2 Å². The van der Waals surface area contributed by atoms with Gasteiger partial charge >= 0.3 is 5.97 Å². The third kappa shape index (κ3) is 5.38. The van der Waals surface area contributed by atoms with Crippen molar-refractivity contribution in [3.63, 3.8) is 0 Å². The monoisotopic (exact) mass is 587 g/mol. The highest BCUT2D eigenvalue weighted by atomic mass is 127. The van der Waals surface area contributed by atoms with Gasteiger partial charge in [-0.3, -0.25) is 14.5 Å². The van der Waals surface area contributed by atoms with E-state index in [-0.39, 0.29) is 4.91 Å². The van der Waals surface area contributed by atoms with Gasteiger partial charge in [0.15, 0.2) is 11.5 Å². The van der Waals surface area contributed by atoms with Gasteiger partial charge in [0.1, 0.15) is 12.6 Å². The van der Waals surface area contributed by atoms with E-state index in [2.05, 4.69) is 27.3 Å². The van der Waals surface area contributed by atoms with E-state index in [4.69, 9.17) is 21.1 Å². The summed E-state index contributed by atoms with van der Waals surface area (Å²) in [6, 6.07) is 10.1. The van der Waals surface area contributed by atoms with Gasteiger partial charge in [-0.15, -0.1) is 0 Å². The van der Waals surface area contributed by atoms with Crippen molar-refractivity contribution in [2.24, 2.45) is 0 Å². The Morgan fingerprint density at radius 3 is 2.53 bits per heavy atom. The Morgan fingerprint density at radius 1 is 1.22 bits per heavy atom. The van der Waals surface area contributed by atoms with Gasteiger partial charge in [0.2, 0.25) is 0 Å². The maximum Gasteiger partial charge on any atom is 0.328 e. The number of hydrogen-bond acceptors (Lipinski definition) is 7. The summed E-state index contributed by atoms with van der Waals surface area (Å²) in [6.07, 6.45) is 1.52. The number of esters is 1. The fraction of sp³-hybridized carbons (Fsp3) is 0.227. The van der Waals surface area contributed by atoms with Crippen LogP contribution in [-0.2, 0) is 20.9 Å². The van der Waals surface area contributed by atoms with E-state index in [1.807, 2.05) is 24.3 Å². The van der Waals surface area contributed by atoms with Crippen molar-refractivity contribution in [2.45, 2.75) is 19.6 Å². The maximum absolute atomic E-state index is 12.7. The molecule has 0 aliphatic carbocycles. The van der Waals surface area contributed by atoms with E-state index in [1.54, 1.807) is 12.1 Å². The van der Waals surface area contributed by atoms with Crippen LogP contribution in [0.3, 0.4) is 0 Å². The number of benzene rings is 2. The first-order chi connectivity index (χ1) is 15.2. The van der Waals surface area contributed by atoms with Crippen molar-refractivity contribution < 1.29 is 28.6 Å². The van der Waals surface area contributed by atoms with Crippen molar-refractivity contribution in [2.75, 3.05) is 14.2 Å². The molecule has 32 heavy (non-hydrogen) atoms. The topological polar surface area (TPSA) is 82.1 Å². The summed E-state index contributed by atoms with van der Waals surface area (Å²) < 4.78 is 17.0. The summed E-state index contributed by atoms with van der Waals surface area (Å²) in [5, 5.41) is -0.252.